The zero-order chi connectivity index (χ0) is 26.1. The van der Waals surface area contributed by atoms with Crippen LogP contribution < -0.4 is 11.1 Å². The van der Waals surface area contributed by atoms with Gasteiger partial charge in [0.15, 0.2) is 10.8 Å². The lowest BCUT2D eigenvalue weighted by molar-refractivity contribution is -0.134. The molecule has 3 aromatic heterocycles. The van der Waals surface area contributed by atoms with Gasteiger partial charge in [-0.05, 0) is 55.5 Å². The van der Waals surface area contributed by atoms with Crippen LogP contribution in [0.4, 0.5) is 0 Å². The predicted octanol–water partition coefficient (Wildman–Crippen LogP) is 3.04. The highest BCUT2D eigenvalue weighted by molar-refractivity contribution is 7.99. The minimum atomic E-state index is -0.242. The van der Waals surface area contributed by atoms with Crippen molar-refractivity contribution in [2.75, 3.05) is 18.8 Å². The van der Waals surface area contributed by atoms with Crippen LogP contribution >= 0.6 is 11.8 Å². The molecule has 3 aliphatic rings. The molecule has 3 unspecified atom stereocenters. The Labute approximate surface area is 223 Å². The highest BCUT2D eigenvalue weighted by atomic mass is 32.2. The molecule has 1 saturated heterocycles. The van der Waals surface area contributed by atoms with Gasteiger partial charge in [-0.2, -0.15) is 5.10 Å². The summed E-state index contributed by atoms with van der Waals surface area (Å²) in [5.74, 6) is 1.14. The Balaban J connectivity index is 1.15. The number of nitrogens with zero attached hydrogens (tertiary/aromatic N) is 6. The molecule has 1 aromatic carbocycles. The van der Waals surface area contributed by atoms with E-state index in [0.717, 1.165) is 23.4 Å². The zero-order valence-corrected chi connectivity index (χ0v) is 22.1. The number of hydrogen-bond donors (Lipinski definition) is 0. The number of carbonyl (C=O) groups is 1. The fourth-order valence-electron chi connectivity index (χ4n) is 6.26. The fourth-order valence-corrected chi connectivity index (χ4v) is 7.39. The van der Waals surface area contributed by atoms with Crippen molar-refractivity contribution in [3.05, 3.63) is 80.1 Å². The number of piperidine rings is 1. The van der Waals surface area contributed by atoms with E-state index >= 15 is 0 Å². The second-order valence-electron chi connectivity index (χ2n) is 10.8. The average molecular weight is 529 g/mol. The summed E-state index contributed by atoms with van der Waals surface area (Å²) >= 11 is 1.52. The number of rotatable bonds is 3. The van der Waals surface area contributed by atoms with E-state index in [0.29, 0.717) is 41.6 Å². The lowest BCUT2D eigenvalue weighted by Crippen LogP contribution is -2.49. The Morgan fingerprint density at radius 2 is 1.95 bits per heavy atom. The molecule has 7 rings (SSSR count). The summed E-state index contributed by atoms with van der Waals surface area (Å²) in [5, 5.41) is 5.58. The molecule has 2 bridgehead atoms. The van der Waals surface area contributed by atoms with Gasteiger partial charge in [-0.25, -0.2) is 9.67 Å². The molecule has 1 amide bonds. The van der Waals surface area contributed by atoms with Gasteiger partial charge in [0.05, 0.1) is 17.9 Å². The third-order valence-electron chi connectivity index (χ3n) is 8.35. The van der Waals surface area contributed by atoms with Crippen molar-refractivity contribution < 1.29 is 4.79 Å². The number of aromatic nitrogens is 5. The summed E-state index contributed by atoms with van der Waals surface area (Å²) in [6.07, 6.45) is 2.85. The first kappa shape index (κ1) is 23.5. The number of benzene rings is 1. The van der Waals surface area contributed by atoms with E-state index in [1.807, 2.05) is 39.8 Å². The lowest BCUT2D eigenvalue weighted by atomic mass is 9.83. The van der Waals surface area contributed by atoms with Crippen LogP contribution in [0.5, 0.6) is 0 Å². The molecule has 1 fully saturated rings. The number of carbonyl (C=O) groups excluding carboxylic acids is 1. The fraction of sp³-hybridized carbons (Fsp3) is 0.393. The normalized spacial score (nSPS) is 21.9. The summed E-state index contributed by atoms with van der Waals surface area (Å²) < 4.78 is 5.29. The smallest absolute Gasteiger partial charge is 0.265 e. The van der Waals surface area contributed by atoms with E-state index < -0.39 is 0 Å². The number of pyridine rings is 1. The maximum atomic E-state index is 13.6. The third kappa shape index (κ3) is 3.65. The highest BCUT2D eigenvalue weighted by Crippen LogP contribution is 2.37. The largest absolute Gasteiger partial charge is 0.342 e. The molecule has 0 saturated carbocycles. The summed E-state index contributed by atoms with van der Waals surface area (Å²) in [5.41, 5.74) is 4.67. The first-order valence-corrected chi connectivity index (χ1v) is 14.0. The maximum Gasteiger partial charge on any atom is 0.265 e. The molecule has 0 spiro atoms. The van der Waals surface area contributed by atoms with Gasteiger partial charge in [-0.1, -0.05) is 23.9 Å². The Kier molecular flexibility index (Phi) is 5.36. The third-order valence-corrected chi connectivity index (χ3v) is 9.45. The first-order valence-electron chi connectivity index (χ1n) is 13.1. The van der Waals surface area contributed by atoms with Crippen LogP contribution in [-0.2, 0) is 11.3 Å². The number of amides is 1. The monoisotopic (exact) mass is 528 g/mol. The van der Waals surface area contributed by atoms with Crippen molar-refractivity contribution in [3.63, 3.8) is 0 Å². The van der Waals surface area contributed by atoms with Crippen LogP contribution in [0.2, 0.25) is 0 Å². The molecule has 4 aromatic rings. The molecule has 0 radical (unpaired) electrons. The Morgan fingerprint density at radius 3 is 2.79 bits per heavy atom. The predicted molar refractivity (Wildman–Crippen MR) is 145 cm³/mol. The summed E-state index contributed by atoms with van der Waals surface area (Å²) in [7, 11) is 0. The quantitative estimate of drug-likeness (QED) is 0.380. The van der Waals surface area contributed by atoms with E-state index in [-0.39, 0.29) is 41.3 Å². The lowest BCUT2D eigenvalue weighted by Gasteiger charge is -2.43. The van der Waals surface area contributed by atoms with Crippen LogP contribution in [0.1, 0.15) is 41.6 Å². The van der Waals surface area contributed by atoms with E-state index in [1.54, 1.807) is 21.5 Å². The van der Waals surface area contributed by atoms with E-state index in [9.17, 15) is 14.4 Å². The van der Waals surface area contributed by atoms with Crippen LogP contribution in [0, 0.1) is 19.8 Å². The summed E-state index contributed by atoms with van der Waals surface area (Å²) in [4.78, 5) is 46.2. The Hall–Kier alpha value is -3.66. The van der Waals surface area contributed by atoms with Crippen molar-refractivity contribution in [3.8, 4) is 5.69 Å². The standard InChI is InChI=1S/C28H28N6O3S/c1-16-6-7-20(8-17(16)2)34-26-22(11-29-34)27(37)33-21(15-38-28(33)30-26)10-25(36)31-12-18-9-19(14-31)23-4-3-5-24(35)32(23)13-18/h3-8,11,18-19,21H,9-10,12-15H2,1-2H3. The number of aryl methyl sites for hydroxylation is 2. The second-order valence-corrected chi connectivity index (χ2v) is 11.8. The number of thioether (sulfide) groups is 1. The summed E-state index contributed by atoms with van der Waals surface area (Å²) in [6.45, 7) is 6.03. The van der Waals surface area contributed by atoms with Gasteiger partial charge in [-0.3, -0.25) is 19.0 Å². The van der Waals surface area contributed by atoms with Crippen molar-refractivity contribution in [1.29, 1.82) is 0 Å². The molecule has 38 heavy (non-hydrogen) atoms. The zero-order valence-electron chi connectivity index (χ0n) is 21.3. The molecule has 0 N–H and O–H groups in total. The van der Waals surface area contributed by atoms with Gasteiger partial charge in [0.1, 0.15) is 5.39 Å². The van der Waals surface area contributed by atoms with Gasteiger partial charge in [0.2, 0.25) is 5.91 Å². The van der Waals surface area contributed by atoms with Crippen molar-refractivity contribution in [2.24, 2.45) is 5.92 Å². The second kappa shape index (κ2) is 8.69. The maximum absolute atomic E-state index is 13.6. The molecule has 10 heteroatoms. The molecular weight excluding hydrogens is 500 g/mol. The van der Waals surface area contributed by atoms with Crippen LogP contribution in [0.15, 0.2) is 57.3 Å². The van der Waals surface area contributed by atoms with E-state index in [1.165, 1.54) is 17.3 Å². The van der Waals surface area contributed by atoms with Crippen molar-refractivity contribution >= 4 is 28.7 Å². The molecule has 6 heterocycles. The van der Waals surface area contributed by atoms with Crippen molar-refractivity contribution in [2.45, 2.75) is 50.4 Å². The van der Waals surface area contributed by atoms with Gasteiger partial charge < -0.3 is 9.47 Å². The Morgan fingerprint density at radius 1 is 1.08 bits per heavy atom. The minimum Gasteiger partial charge on any atom is -0.342 e. The minimum absolute atomic E-state index is 0.0376. The van der Waals surface area contributed by atoms with Gasteiger partial charge in [0.25, 0.3) is 11.1 Å². The number of fused-ring (bicyclic) bond motifs is 6. The molecule has 0 aliphatic carbocycles. The SMILES string of the molecule is Cc1ccc(-n2ncc3c(=O)n4c(nc32)SCC4CC(=O)N2CC3CC(C2)c2cccc(=O)n2C3)cc1C. The van der Waals surface area contributed by atoms with E-state index in [4.69, 9.17) is 4.98 Å². The molecular formula is C28H28N6O3S. The van der Waals surface area contributed by atoms with Crippen LogP contribution in [-0.4, -0.2) is 53.5 Å². The van der Waals surface area contributed by atoms with Gasteiger partial charge >= 0.3 is 0 Å². The van der Waals surface area contributed by atoms with Gasteiger partial charge in [0, 0.05) is 49.5 Å². The van der Waals surface area contributed by atoms with Crippen LogP contribution in [0.3, 0.4) is 0 Å². The number of hydrogen-bond acceptors (Lipinski definition) is 6. The number of likely N-dealkylation sites (tertiary alicyclic amines) is 1. The molecule has 3 aliphatic heterocycles. The van der Waals surface area contributed by atoms with Gasteiger partial charge in [-0.15, -0.1) is 0 Å². The van der Waals surface area contributed by atoms with E-state index in [2.05, 4.69) is 18.9 Å². The topological polar surface area (TPSA) is 95.0 Å². The highest BCUT2D eigenvalue weighted by Gasteiger charge is 2.38. The Bertz CT molecular complexity index is 1740. The molecule has 194 valence electrons. The van der Waals surface area contributed by atoms with Crippen LogP contribution in [0.25, 0.3) is 16.7 Å². The van der Waals surface area contributed by atoms with Crippen molar-refractivity contribution in [1.82, 2.24) is 28.8 Å². The first-order chi connectivity index (χ1) is 18.4. The average Bonchev–Trinajstić information content (AvgIpc) is 3.51. The molecule has 9 nitrogen and oxygen atoms in total. The molecule has 3 atom stereocenters. The summed E-state index contributed by atoms with van der Waals surface area (Å²) in [6, 6.07) is 11.3.